The molecule has 0 amide bonds. The van der Waals surface area contributed by atoms with E-state index in [1.54, 1.807) is 18.2 Å². The summed E-state index contributed by atoms with van der Waals surface area (Å²) in [6.07, 6.45) is 0. The van der Waals surface area contributed by atoms with Crippen LogP contribution < -0.4 is 5.73 Å². The summed E-state index contributed by atoms with van der Waals surface area (Å²) in [7, 11) is 0. The zero-order valence-corrected chi connectivity index (χ0v) is 11.7. The van der Waals surface area contributed by atoms with E-state index in [9.17, 15) is 0 Å². The highest BCUT2D eigenvalue weighted by Crippen LogP contribution is 2.26. The average molecular weight is 282 g/mol. The molecule has 0 aliphatic carbocycles. The highest BCUT2D eigenvalue weighted by molar-refractivity contribution is 6.35. The summed E-state index contributed by atoms with van der Waals surface area (Å²) < 4.78 is 0. The average Bonchev–Trinajstić information content (AvgIpc) is 2.31. The van der Waals surface area contributed by atoms with Gasteiger partial charge < -0.3 is 5.73 Å². The normalized spacial score (nSPS) is 10.7. The standard InChI is InChI=1S/C13H13Cl2N3/c1-7-8(2)17-13(18-12(7)6-16)9-3-10(14)5-11(15)4-9/h3-5H,6,16H2,1-2H3. The topological polar surface area (TPSA) is 51.8 Å². The van der Waals surface area contributed by atoms with Crippen molar-refractivity contribution in [2.24, 2.45) is 5.73 Å². The van der Waals surface area contributed by atoms with Gasteiger partial charge in [0.2, 0.25) is 0 Å². The summed E-state index contributed by atoms with van der Waals surface area (Å²) in [5.41, 5.74) is 9.26. The highest BCUT2D eigenvalue weighted by atomic mass is 35.5. The number of nitrogens with two attached hydrogens (primary N) is 1. The van der Waals surface area contributed by atoms with E-state index in [0.29, 0.717) is 22.4 Å². The van der Waals surface area contributed by atoms with Gasteiger partial charge in [0.1, 0.15) is 0 Å². The van der Waals surface area contributed by atoms with E-state index in [-0.39, 0.29) is 0 Å². The number of hydrogen-bond donors (Lipinski definition) is 1. The van der Waals surface area contributed by atoms with Crippen LogP contribution in [0.2, 0.25) is 10.0 Å². The molecule has 0 spiro atoms. The summed E-state index contributed by atoms with van der Waals surface area (Å²) >= 11 is 12.0. The van der Waals surface area contributed by atoms with Crippen molar-refractivity contribution >= 4 is 23.2 Å². The van der Waals surface area contributed by atoms with Crippen molar-refractivity contribution in [3.63, 3.8) is 0 Å². The molecule has 1 aromatic carbocycles. The van der Waals surface area contributed by atoms with Gasteiger partial charge in [0.05, 0.1) is 5.69 Å². The van der Waals surface area contributed by atoms with Crippen LogP contribution in [0.5, 0.6) is 0 Å². The number of aromatic nitrogens is 2. The molecule has 0 fully saturated rings. The van der Waals surface area contributed by atoms with Crippen molar-refractivity contribution < 1.29 is 0 Å². The first-order chi connectivity index (χ1) is 8.51. The maximum absolute atomic E-state index is 5.98. The Morgan fingerprint density at radius 1 is 1.06 bits per heavy atom. The fourth-order valence-electron chi connectivity index (χ4n) is 1.70. The lowest BCUT2D eigenvalue weighted by molar-refractivity contribution is 0.926. The zero-order chi connectivity index (χ0) is 13.3. The molecule has 5 heteroatoms. The number of hydrogen-bond acceptors (Lipinski definition) is 3. The molecular weight excluding hydrogens is 269 g/mol. The predicted molar refractivity (Wildman–Crippen MR) is 74.9 cm³/mol. The monoisotopic (exact) mass is 281 g/mol. The van der Waals surface area contributed by atoms with Crippen LogP contribution in [0.1, 0.15) is 17.0 Å². The third kappa shape index (κ3) is 2.64. The molecule has 0 radical (unpaired) electrons. The van der Waals surface area contributed by atoms with E-state index in [4.69, 9.17) is 28.9 Å². The molecule has 0 aliphatic rings. The van der Waals surface area contributed by atoms with Gasteiger partial charge in [-0.15, -0.1) is 0 Å². The maximum atomic E-state index is 5.98. The molecule has 0 unspecified atom stereocenters. The van der Waals surface area contributed by atoms with Crippen LogP contribution in [0, 0.1) is 13.8 Å². The minimum atomic E-state index is 0.385. The third-order valence-electron chi connectivity index (χ3n) is 2.80. The van der Waals surface area contributed by atoms with Gasteiger partial charge in [0.15, 0.2) is 5.82 Å². The number of rotatable bonds is 2. The van der Waals surface area contributed by atoms with Crippen LogP contribution in [0.15, 0.2) is 18.2 Å². The molecule has 94 valence electrons. The molecule has 0 atom stereocenters. The second-order valence-electron chi connectivity index (χ2n) is 4.07. The molecule has 2 aromatic rings. The Morgan fingerprint density at radius 2 is 1.67 bits per heavy atom. The zero-order valence-electron chi connectivity index (χ0n) is 10.2. The van der Waals surface area contributed by atoms with Crippen LogP contribution in [-0.4, -0.2) is 9.97 Å². The van der Waals surface area contributed by atoms with Crippen LogP contribution >= 0.6 is 23.2 Å². The van der Waals surface area contributed by atoms with Crippen molar-refractivity contribution in [2.45, 2.75) is 20.4 Å². The summed E-state index contributed by atoms with van der Waals surface area (Å²) in [4.78, 5) is 8.90. The van der Waals surface area contributed by atoms with E-state index in [2.05, 4.69) is 9.97 Å². The van der Waals surface area contributed by atoms with Crippen molar-refractivity contribution in [1.82, 2.24) is 9.97 Å². The summed E-state index contributed by atoms with van der Waals surface area (Å²) in [5, 5.41) is 1.13. The molecule has 0 saturated carbocycles. The van der Waals surface area contributed by atoms with Crippen LogP contribution in [0.25, 0.3) is 11.4 Å². The number of nitrogens with zero attached hydrogens (tertiary/aromatic N) is 2. The fourth-order valence-corrected chi connectivity index (χ4v) is 2.23. The minimum absolute atomic E-state index is 0.385. The van der Waals surface area contributed by atoms with E-state index < -0.39 is 0 Å². The Balaban J connectivity index is 2.60. The quantitative estimate of drug-likeness (QED) is 0.916. The number of benzene rings is 1. The van der Waals surface area contributed by atoms with Crippen molar-refractivity contribution in [3.8, 4) is 11.4 Å². The second-order valence-corrected chi connectivity index (χ2v) is 4.94. The van der Waals surface area contributed by atoms with Gasteiger partial charge in [0.25, 0.3) is 0 Å². The first kappa shape index (κ1) is 13.3. The number of halogens is 2. The van der Waals surface area contributed by atoms with Crippen LogP contribution in [-0.2, 0) is 6.54 Å². The lowest BCUT2D eigenvalue weighted by Crippen LogP contribution is -2.07. The Labute approximate surface area is 116 Å². The first-order valence-electron chi connectivity index (χ1n) is 5.52. The van der Waals surface area contributed by atoms with E-state index in [1.165, 1.54) is 0 Å². The largest absolute Gasteiger partial charge is 0.325 e. The molecule has 18 heavy (non-hydrogen) atoms. The smallest absolute Gasteiger partial charge is 0.159 e. The van der Waals surface area contributed by atoms with E-state index in [1.807, 2.05) is 13.8 Å². The highest BCUT2D eigenvalue weighted by Gasteiger charge is 2.09. The van der Waals surface area contributed by atoms with E-state index >= 15 is 0 Å². The summed E-state index contributed by atoms with van der Waals surface area (Å²) in [6.45, 7) is 4.29. The SMILES string of the molecule is Cc1nc(-c2cc(Cl)cc(Cl)c2)nc(CN)c1C. The second kappa shape index (κ2) is 5.22. The summed E-state index contributed by atoms with van der Waals surface area (Å²) in [5.74, 6) is 0.600. The van der Waals surface area contributed by atoms with Gasteiger partial charge >= 0.3 is 0 Å². The molecule has 2 N–H and O–H groups in total. The van der Waals surface area contributed by atoms with Gasteiger partial charge in [0, 0.05) is 27.8 Å². The van der Waals surface area contributed by atoms with Gasteiger partial charge in [-0.2, -0.15) is 0 Å². The lowest BCUT2D eigenvalue weighted by atomic mass is 10.1. The number of aryl methyl sites for hydroxylation is 1. The van der Waals surface area contributed by atoms with E-state index in [0.717, 1.165) is 22.5 Å². The third-order valence-corrected chi connectivity index (χ3v) is 3.24. The maximum Gasteiger partial charge on any atom is 0.159 e. The molecule has 1 aromatic heterocycles. The van der Waals surface area contributed by atoms with Crippen molar-refractivity contribution in [3.05, 3.63) is 45.2 Å². The van der Waals surface area contributed by atoms with Gasteiger partial charge in [-0.1, -0.05) is 23.2 Å². The van der Waals surface area contributed by atoms with Gasteiger partial charge in [-0.25, -0.2) is 9.97 Å². The minimum Gasteiger partial charge on any atom is -0.325 e. The Kier molecular flexibility index (Phi) is 3.85. The predicted octanol–water partition coefficient (Wildman–Crippen LogP) is 3.53. The van der Waals surface area contributed by atoms with Gasteiger partial charge in [-0.3, -0.25) is 0 Å². The molecule has 1 heterocycles. The Morgan fingerprint density at radius 3 is 2.22 bits per heavy atom. The van der Waals surface area contributed by atoms with Crippen molar-refractivity contribution in [1.29, 1.82) is 0 Å². The van der Waals surface area contributed by atoms with Crippen molar-refractivity contribution in [2.75, 3.05) is 0 Å². The lowest BCUT2D eigenvalue weighted by Gasteiger charge is -2.09. The van der Waals surface area contributed by atoms with Crippen LogP contribution in [0.4, 0.5) is 0 Å². The van der Waals surface area contributed by atoms with Gasteiger partial charge in [-0.05, 0) is 37.6 Å². The first-order valence-corrected chi connectivity index (χ1v) is 6.27. The molecule has 0 aliphatic heterocycles. The Hall–Kier alpha value is -1.16. The molecule has 3 nitrogen and oxygen atoms in total. The molecular formula is C13H13Cl2N3. The molecule has 2 rings (SSSR count). The Bertz CT molecular complexity index is 577. The summed E-state index contributed by atoms with van der Waals surface area (Å²) in [6, 6.07) is 5.26. The van der Waals surface area contributed by atoms with Crippen LogP contribution in [0.3, 0.4) is 0 Å². The molecule has 0 bridgehead atoms. The molecule has 0 saturated heterocycles. The fraction of sp³-hybridized carbons (Fsp3) is 0.231.